The van der Waals surface area contributed by atoms with Crippen molar-refractivity contribution in [2.24, 2.45) is 11.3 Å². The van der Waals surface area contributed by atoms with E-state index in [1.807, 2.05) is 24.3 Å². The highest BCUT2D eigenvalue weighted by atomic mass is 35.5. The third-order valence-electron chi connectivity index (χ3n) is 6.87. The summed E-state index contributed by atoms with van der Waals surface area (Å²) >= 11 is 6.43. The number of H-pyrrole nitrogens is 1. The Bertz CT molecular complexity index is 1070. The second-order valence-electron chi connectivity index (χ2n) is 8.87. The summed E-state index contributed by atoms with van der Waals surface area (Å²) in [6, 6.07) is 9.22. The van der Waals surface area contributed by atoms with E-state index < -0.39 is 0 Å². The van der Waals surface area contributed by atoms with Crippen molar-refractivity contribution >= 4 is 17.5 Å². The molecule has 2 aliphatic rings. The van der Waals surface area contributed by atoms with Gasteiger partial charge < -0.3 is 5.32 Å². The number of fused-ring (bicyclic) bond motifs is 2. The number of carbonyl (C=O) groups is 1. The van der Waals surface area contributed by atoms with Crippen LogP contribution in [0.1, 0.15) is 62.7 Å². The van der Waals surface area contributed by atoms with Crippen molar-refractivity contribution in [1.29, 1.82) is 0 Å². The molecule has 2 heterocycles. The Morgan fingerprint density at radius 3 is 2.78 bits per heavy atom. The first-order chi connectivity index (χ1) is 15.1. The van der Waals surface area contributed by atoms with E-state index in [1.54, 1.807) is 12.3 Å². The maximum atomic E-state index is 13.1. The SMILES string of the molecule is C.O=C(NCC12CCCC(CCC1)C2)c1cc(-c2cccnc2-c2nn[nH]n2)ccc1Cl. The van der Waals surface area contributed by atoms with Gasteiger partial charge in [0, 0.05) is 18.3 Å². The molecule has 1 aromatic carbocycles. The molecule has 2 aliphatic carbocycles. The Kier molecular flexibility index (Phi) is 6.55. The van der Waals surface area contributed by atoms with Crippen molar-refractivity contribution in [1.82, 2.24) is 30.9 Å². The fraction of sp³-hybridized carbons (Fsp3) is 0.458. The maximum Gasteiger partial charge on any atom is 0.252 e. The minimum atomic E-state index is -0.126. The highest BCUT2D eigenvalue weighted by Crippen LogP contribution is 2.48. The molecule has 3 aromatic rings. The van der Waals surface area contributed by atoms with Crippen LogP contribution in [0.2, 0.25) is 5.02 Å². The maximum absolute atomic E-state index is 13.1. The number of halogens is 1. The second-order valence-corrected chi connectivity index (χ2v) is 9.27. The van der Waals surface area contributed by atoms with Gasteiger partial charge in [-0.05, 0) is 59.6 Å². The number of aromatic nitrogens is 5. The van der Waals surface area contributed by atoms with Crippen LogP contribution in [0.3, 0.4) is 0 Å². The Balaban J connectivity index is 0.00000245. The molecule has 168 valence electrons. The summed E-state index contributed by atoms with van der Waals surface area (Å²) < 4.78 is 0. The van der Waals surface area contributed by atoms with Crippen molar-refractivity contribution < 1.29 is 4.79 Å². The van der Waals surface area contributed by atoms with Gasteiger partial charge in [-0.3, -0.25) is 9.78 Å². The third kappa shape index (κ3) is 4.39. The molecule has 8 heteroatoms. The van der Waals surface area contributed by atoms with Crippen molar-refractivity contribution in [2.45, 2.75) is 52.4 Å². The molecular weight excluding hydrogens is 424 g/mol. The topological polar surface area (TPSA) is 96.5 Å². The lowest BCUT2D eigenvalue weighted by molar-refractivity contribution is 0.0682. The number of tetrazole rings is 1. The Morgan fingerprint density at radius 2 is 2.03 bits per heavy atom. The van der Waals surface area contributed by atoms with Gasteiger partial charge in [-0.25, -0.2) is 0 Å². The first-order valence-corrected chi connectivity index (χ1v) is 11.3. The molecule has 0 atom stereocenters. The molecule has 0 saturated heterocycles. The average molecular weight is 453 g/mol. The highest BCUT2D eigenvalue weighted by molar-refractivity contribution is 6.34. The number of rotatable bonds is 5. The third-order valence-corrected chi connectivity index (χ3v) is 7.20. The number of hydrogen-bond acceptors (Lipinski definition) is 5. The molecule has 32 heavy (non-hydrogen) atoms. The van der Waals surface area contributed by atoms with Gasteiger partial charge in [0.1, 0.15) is 5.69 Å². The van der Waals surface area contributed by atoms with E-state index in [0.717, 1.165) is 23.6 Å². The number of amides is 1. The first-order valence-electron chi connectivity index (χ1n) is 10.9. The van der Waals surface area contributed by atoms with Crippen LogP contribution in [0, 0.1) is 11.3 Å². The number of benzene rings is 1. The summed E-state index contributed by atoms with van der Waals surface area (Å²) in [4.78, 5) is 17.5. The number of hydrogen-bond donors (Lipinski definition) is 2. The van der Waals surface area contributed by atoms with Gasteiger partial charge in [-0.2, -0.15) is 5.21 Å². The molecule has 0 aliphatic heterocycles. The largest absolute Gasteiger partial charge is 0.351 e. The molecule has 7 nitrogen and oxygen atoms in total. The van der Waals surface area contributed by atoms with Crippen molar-refractivity contribution in [3.8, 4) is 22.6 Å². The molecule has 0 radical (unpaired) electrons. The molecule has 2 bridgehead atoms. The van der Waals surface area contributed by atoms with E-state index in [4.69, 9.17) is 11.6 Å². The summed E-state index contributed by atoms with van der Waals surface area (Å²) in [6.45, 7) is 0.726. The molecule has 5 rings (SSSR count). The summed E-state index contributed by atoms with van der Waals surface area (Å²) in [5.41, 5.74) is 2.98. The zero-order chi connectivity index (χ0) is 21.3. The predicted molar refractivity (Wildman–Crippen MR) is 125 cm³/mol. The number of pyridine rings is 1. The lowest BCUT2D eigenvalue weighted by atomic mass is 9.62. The van der Waals surface area contributed by atoms with Gasteiger partial charge in [-0.1, -0.05) is 56.8 Å². The molecule has 1 amide bonds. The standard InChI is InChI=1S/C23H25ClN6O.CH4/c24-19-8-7-16(17-6-3-11-25-20(17)21-27-29-30-28-21)12-18(19)22(31)26-14-23-9-1-4-15(13-23)5-2-10-23;/h3,6-8,11-12,15H,1-2,4-5,9-10,13-14H2,(H,26,31)(H,27,28,29,30);1H4. The Labute approximate surface area is 193 Å². The number of nitrogens with one attached hydrogen (secondary N) is 2. The lowest BCUT2D eigenvalue weighted by Gasteiger charge is -2.45. The molecule has 0 spiro atoms. The summed E-state index contributed by atoms with van der Waals surface area (Å²) in [6.07, 6.45) is 10.6. The Morgan fingerprint density at radius 1 is 1.22 bits per heavy atom. The molecule has 2 N–H and O–H groups in total. The van der Waals surface area contributed by atoms with E-state index in [0.29, 0.717) is 22.1 Å². The van der Waals surface area contributed by atoms with Gasteiger partial charge in [0.25, 0.3) is 5.91 Å². The molecule has 2 aromatic heterocycles. The minimum Gasteiger partial charge on any atom is -0.351 e. The quantitative estimate of drug-likeness (QED) is 0.546. The Hall–Kier alpha value is -2.80. The van der Waals surface area contributed by atoms with Gasteiger partial charge in [-0.15, -0.1) is 10.2 Å². The normalized spacial score (nSPS) is 22.1. The van der Waals surface area contributed by atoms with Gasteiger partial charge in [0.15, 0.2) is 0 Å². The molecule has 0 unspecified atom stereocenters. The van der Waals surface area contributed by atoms with Gasteiger partial charge in [0.2, 0.25) is 5.82 Å². The van der Waals surface area contributed by atoms with Crippen LogP contribution in [0.5, 0.6) is 0 Å². The van der Waals surface area contributed by atoms with E-state index >= 15 is 0 Å². The smallest absolute Gasteiger partial charge is 0.252 e. The molecular formula is C24H29ClN6O. The zero-order valence-electron chi connectivity index (χ0n) is 17.3. The zero-order valence-corrected chi connectivity index (χ0v) is 18.0. The summed E-state index contributed by atoms with van der Waals surface area (Å²) in [5.74, 6) is 1.11. The van der Waals surface area contributed by atoms with Crippen LogP contribution in [-0.4, -0.2) is 38.1 Å². The number of nitrogens with zero attached hydrogens (tertiary/aromatic N) is 4. The lowest BCUT2D eigenvalue weighted by Crippen LogP contribution is -2.43. The fourth-order valence-electron chi connectivity index (χ4n) is 5.38. The van der Waals surface area contributed by atoms with Crippen LogP contribution in [-0.2, 0) is 0 Å². The van der Waals surface area contributed by atoms with Gasteiger partial charge in [0.05, 0.1) is 10.6 Å². The average Bonchev–Trinajstić information content (AvgIpc) is 3.33. The van der Waals surface area contributed by atoms with Gasteiger partial charge >= 0.3 is 0 Å². The first kappa shape index (κ1) is 22.4. The van der Waals surface area contributed by atoms with Crippen LogP contribution in [0.15, 0.2) is 36.5 Å². The van der Waals surface area contributed by atoms with Crippen LogP contribution in [0.4, 0.5) is 0 Å². The number of carbonyl (C=O) groups excluding carboxylic acids is 1. The fourth-order valence-corrected chi connectivity index (χ4v) is 5.58. The molecule has 2 saturated carbocycles. The van der Waals surface area contributed by atoms with Crippen LogP contribution < -0.4 is 5.32 Å². The monoisotopic (exact) mass is 452 g/mol. The van der Waals surface area contributed by atoms with E-state index in [-0.39, 0.29) is 18.7 Å². The highest BCUT2D eigenvalue weighted by Gasteiger charge is 2.39. The second kappa shape index (κ2) is 9.36. The van der Waals surface area contributed by atoms with E-state index in [2.05, 4.69) is 30.9 Å². The van der Waals surface area contributed by atoms with Crippen molar-refractivity contribution in [2.75, 3.05) is 6.54 Å². The van der Waals surface area contributed by atoms with E-state index in [9.17, 15) is 4.79 Å². The summed E-state index contributed by atoms with van der Waals surface area (Å²) in [5, 5.41) is 17.8. The van der Waals surface area contributed by atoms with Crippen LogP contribution >= 0.6 is 11.6 Å². The van der Waals surface area contributed by atoms with Crippen molar-refractivity contribution in [3.05, 3.63) is 47.1 Å². The molecule has 2 fully saturated rings. The van der Waals surface area contributed by atoms with Crippen LogP contribution in [0.25, 0.3) is 22.6 Å². The van der Waals surface area contributed by atoms with Crippen molar-refractivity contribution in [3.63, 3.8) is 0 Å². The van der Waals surface area contributed by atoms with E-state index in [1.165, 1.54) is 44.9 Å². The predicted octanol–water partition coefficient (Wildman–Crippen LogP) is 5.31. The summed E-state index contributed by atoms with van der Waals surface area (Å²) in [7, 11) is 0. The minimum absolute atomic E-state index is 0. The number of aromatic amines is 1.